The second-order valence-corrected chi connectivity index (χ2v) is 20.6. The Balaban J connectivity index is 4.34. The van der Waals surface area contributed by atoms with Crippen molar-refractivity contribution in [2.45, 2.75) is 290 Å². The SMILES string of the molecule is CC/C=C\C/C=C\C/C=C\C/C=C\C/C=C\C/C=C\C/C=C\C/C=C\C/C=C\CCCCCC(=O)OCC(COC(=O)CCCCCCC/C=C\CCCC)OC(=O)CCCCCCCCCCCCCCCCCC. The molecule has 1 atom stereocenters. The summed E-state index contributed by atoms with van der Waals surface area (Å²) in [6, 6.07) is 0. The first-order chi connectivity index (χ1) is 37.5. The van der Waals surface area contributed by atoms with Gasteiger partial charge in [0, 0.05) is 19.3 Å². The molecule has 0 saturated heterocycles. The number of rotatable bonds is 56. The maximum atomic E-state index is 12.9. The van der Waals surface area contributed by atoms with Crippen molar-refractivity contribution in [2.75, 3.05) is 13.2 Å². The van der Waals surface area contributed by atoms with Crippen LogP contribution in [0.25, 0.3) is 0 Å². The van der Waals surface area contributed by atoms with Gasteiger partial charge in [0.15, 0.2) is 6.10 Å². The smallest absolute Gasteiger partial charge is 0.306 e. The highest BCUT2D eigenvalue weighted by Crippen LogP contribution is 2.16. The molecule has 1 unspecified atom stereocenters. The maximum absolute atomic E-state index is 12.9. The van der Waals surface area contributed by atoms with Crippen molar-refractivity contribution < 1.29 is 28.6 Å². The van der Waals surface area contributed by atoms with Crippen LogP contribution in [0.2, 0.25) is 0 Å². The van der Waals surface area contributed by atoms with Gasteiger partial charge < -0.3 is 14.2 Å². The van der Waals surface area contributed by atoms with Crippen LogP contribution < -0.4 is 0 Å². The number of hydrogen-bond acceptors (Lipinski definition) is 6. The molecule has 432 valence electrons. The first kappa shape index (κ1) is 71.8. The molecule has 0 heterocycles. The molecular formula is C70H116O6. The number of carbonyl (C=O) groups is 3. The van der Waals surface area contributed by atoms with E-state index >= 15 is 0 Å². The quantitative estimate of drug-likeness (QED) is 0.0261. The van der Waals surface area contributed by atoms with Gasteiger partial charge in [0.25, 0.3) is 0 Å². The van der Waals surface area contributed by atoms with Crippen LogP contribution in [0.1, 0.15) is 284 Å². The molecule has 0 rings (SSSR count). The van der Waals surface area contributed by atoms with Crippen LogP contribution >= 0.6 is 0 Å². The number of carbonyl (C=O) groups excluding carboxylic acids is 3. The van der Waals surface area contributed by atoms with E-state index in [1.54, 1.807) is 0 Å². The topological polar surface area (TPSA) is 78.9 Å². The molecule has 0 bridgehead atoms. The highest BCUT2D eigenvalue weighted by molar-refractivity contribution is 5.71. The number of allylic oxidation sites excluding steroid dienone is 20. The van der Waals surface area contributed by atoms with E-state index in [0.29, 0.717) is 19.3 Å². The van der Waals surface area contributed by atoms with E-state index in [0.717, 1.165) is 135 Å². The molecule has 0 aliphatic rings. The van der Waals surface area contributed by atoms with Gasteiger partial charge in [-0.05, 0) is 109 Å². The zero-order valence-corrected chi connectivity index (χ0v) is 49.5. The van der Waals surface area contributed by atoms with Crippen LogP contribution in [0.4, 0.5) is 0 Å². The Morgan fingerprint density at radius 1 is 0.276 bits per heavy atom. The van der Waals surface area contributed by atoms with Crippen molar-refractivity contribution in [1.82, 2.24) is 0 Å². The predicted molar refractivity (Wildman–Crippen MR) is 330 cm³/mol. The van der Waals surface area contributed by atoms with Gasteiger partial charge in [0.05, 0.1) is 0 Å². The molecule has 0 spiro atoms. The number of ether oxygens (including phenoxy) is 3. The summed E-state index contributed by atoms with van der Waals surface area (Å²) in [6.45, 7) is 6.46. The minimum absolute atomic E-state index is 0.0928. The minimum Gasteiger partial charge on any atom is -0.462 e. The Morgan fingerprint density at radius 2 is 0.526 bits per heavy atom. The van der Waals surface area contributed by atoms with Crippen LogP contribution in [-0.2, 0) is 28.6 Å². The molecular weight excluding hydrogens is 937 g/mol. The third kappa shape index (κ3) is 60.7. The van der Waals surface area contributed by atoms with Crippen LogP contribution in [0.15, 0.2) is 122 Å². The van der Waals surface area contributed by atoms with E-state index in [4.69, 9.17) is 14.2 Å². The summed E-state index contributed by atoms with van der Waals surface area (Å²) in [5.74, 6) is -0.931. The van der Waals surface area contributed by atoms with Crippen LogP contribution in [-0.4, -0.2) is 37.2 Å². The molecule has 6 nitrogen and oxygen atoms in total. The Kier molecular flexibility index (Phi) is 59.9. The minimum atomic E-state index is -0.796. The lowest BCUT2D eigenvalue weighted by Crippen LogP contribution is -2.30. The second-order valence-electron chi connectivity index (χ2n) is 20.6. The summed E-state index contributed by atoms with van der Waals surface area (Å²) < 4.78 is 16.8. The van der Waals surface area contributed by atoms with Gasteiger partial charge in [-0.2, -0.15) is 0 Å². The van der Waals surface area contributed by atoms with E-state index < -0.39 is 6.10 Å². The summed E-state index contributed by atoms with van der Waals surface area (Å²) in [6.07, 6.45) is 87.8. The monoisotopic (exact) mass is 1050 g/mol. The Morgan fingerprint density at radius 3 is 0.868 bits per heavy atom. The summed E-state index contributed by atoms with van der Waals surface area (Å²) in [5.41, 5.74) is 0. The lowest BCUT2D eigenvalue weighted by molar-refractivity contribution is -0.167. The van der Waals surface area contributed by atoms with Crippen molar-refractivity contribution >= 4 is 17.9 Å². The van der Waals surface area contributed by atoms with Gasteiger partial charge in [-0.1, -0.05) is 277 Å². The first-order valence-electron chi connectivity index (χ1n) is 31.5. The second kappa shape index (κ2) is 63.3. The van der Waals surface area contributed by atoms with E-state index in [2.05, 4.69) is 142 Å². The molecule has 0 saturated carbocycles. The molecule has 0 aliphatic heterocycles. The molecule has 0 aromatic carbocycles. The summed E-state index contributed by atoms with van der Waals surface area (Å²) in [7, 11) is 0. The van der Waals surface area contributed by atoms with Gasteiger partial charge in [-0.15, -0.1) is 0 Å². The predicted octanol–water partition coefficient (Wildman–Crippen LogP) is 21.6. The van der Waals surface area contributed by atoms with Gasteiger partial charge in [-0.3, -0.25) is 14.4 Å². The third-order valence-corrected chi connectivity index (χ3v) is 13.2. The number of hydrogen-bond donors (Lipinski definition) is 0. The van der Waals surface area contributed by atoms with Gasteiger partial charge >= 0.3 is 17.9 Å². The van der Waals surface area contributed by atoms with Crippen molar-refractivity contribution in [3.8, 4) is 0 Å². The van der Waals surface area contributed by atoms with Gasteiger partial charge in [0.1, 0.15) is 13.2 Å². The van der Waals surface area contributed by atoms with Crippen LogP contribution in [0, 0.1) is 0 Å². The third-order valence-electron chi connectivity index (χ3n) is 13.2. The van der Waals surface area contributed by atoms with E-state index in [1.807, 2.05) is 0 Å². The zero-order chi connectivity index (χ0) is 55.0. The largest absolute Gasteiger partial charge is 0.462 e. The molecule has 0 radical (unpaired) electrons. The lowest BCUT2D eigenvalue weighted by atomic mass is 10.0. The average molecular weight is 1050 g/mol. The molecule has 0 aromatic heterocycles. The standard InChI is InChI=1S/C70H116O6/c1-4-7-10-13-16-19-22-24-26-28-29-30-31-32-33-34-35-36-37-38-39-40-41-42-44-45-48-51-54-57-60-63-69(72)75-66-67(65-74-68(71)62-59-56-53-50-47-21-18-15-12-9-6-3)76-70(73)64-61-58-55-52-49-46-43-27-25-23-20-17-14-11-8-5-2/h7,10,15-16,18-19,24,26,29-30,32-33,35-36,38-39,41-42,45,48,67H,4-6,8-9,11-14,17,20-23,25,27-28,31,34,37,40,43-44,46-47,49-66H2,1-3H3/b10-7-,18-15-,19-16-,26-24-,30-29-,33-32-,36-35-,39-38-,42-41-,48-45-. The molecule has 0 aliphatic carbocycles. The fourth-order valence-electron chi connectivity index (χ4n) is 8.48. The maximum Gasteiger partial charge on any atom is 0.306 e. The van der Waals surface area contributed by atoms with Crippen molar-refractivity contribution in [3.63, 3.8) is 0 Å². The molecule has 6 heteroatoms. The van der Waals surface area contributed by atoms with Gasteiger partial charge in [0.2, 0.25) is 0 Å². The Bertz CT molecular complexity index is 1590. The summed E-state index contributed by atoms with van der Waals surface area (Å²) in [4.78, 5) is 38.2. The molecule has 0 aromatic rings. The van der Waals surface area contributed by atoms with E-state index in [1.165, 1.54) is 109 Å². The van der Waals surface area contributed by atoms with Crippen molar-refractivity contribution in [2.24, 2.45) is 0 Å². The van der Waals surface area contributed by atoms with E-state index in [9.17, 15) is 14.4 Å². The van der Waals surface area contributed by atoms with Crippen LogP contribution in [0.3, 0.4) is 0 Å². The number of unbranched alkanes of at least 4 members (excludes halogenated alkanes) is 25. The fourth-order valence-corrected chi connectivity index (χ4v) is 8.48. The van der Waals surface area contributed by atoms with E-state index in [-0.39, 0.29) is 31.1 Å². The highest BCUT2D eigenvalue weighted by atomic mass is 16.6. The molecule has 0 N–H and O–H groups in total. The van der Waals surface area contributed by atoms with Crippen molar-refractivity contribution in [3.05, 3.63) is 122 Å². The summed E-state index contributed by atoms with van der Waals surface area (Å²) in [5, 5.41) is 0. The van der Waals surface area contributed by atoms with Gasteiger partial charge in [-0.25, -0.2) is 0 Å². The number of esters is 3. The normalized spacial score (nSPS) is 12.9. The van der Waals surface area contributed by atoms with Crippen molar-refractivity contribution in [1.29, 1.82) is 0 Å². The molecule has 76 heavy (non-hydrogen) atoms. The molecule has 0 fully saturated rings. The fraction of sp³-hybridized carbons (Fsp3) is 0.671. The van der Waals surface area contributed by atoms with Crippen LogP contribution in [0.5, 0.6) is 0 Å². The Hall–Kier alpha value is -4.19. The Labute approximate surface area is 469 Å². The highest BCUT2D eigenvalue weighted by Gasteiger charge is 2.19. The average Bonchev–Trinajstić information content (AvgIpc) is 3.42. The summed E-state index contributed by atoms with van der Waals surface area (Å²) >= 11 is 0. The lowest BCUT2D eigenvalue weighted by Gasteiger charge is -2.18. The zero-order valence-electron chi connectivity index (χ0n) is 49.5. The first-order valence-corrected chi connectivity index (χ1v) is 31.5. The molecule has 0 amide bonds.